The maximum Gasteiger partial charge on any atom is 0.240 e. The Morgan fingerprint density at radius 2 is 1.82 bits per heavy atom. The third kappa shape index (κ3) is 4.02. The van der Waals surface area contributed by atoms with E-state index in [1.165, 1.54) is 4.90 Å². The van der Waals surface area contributed by atoms with Crippen LogP contribution in [0.3, 0.4) is 0 Å². The molecule has 0 saturated carbocycles. The molecule has 1 aliphatic heterocycles. The van der Waals surface area contributed by atoms with Crippen molar-refractivity contribution < 1.29 is 9.59 Å². The Morgan fingerprint density at radius 1 is 1.04 bits per heavy atom. The summed E-state index contributed by atoms with van der Waals surface area (Å²) < 4.78 is 0. The Bertz CT molecular complexity index is 1010. The summed E-state index contributed by atoms with van der Waals surface area (Å²) in [5, 5.41) is 4.85. The molecule has 0 saturated heterocycles. The highest BCUT2D eigenvalue weighted by molar-refractivity contribution is 7.12. The minimum atomic E-state index is -0.202. The van der Waals surface area contributed by atoms with Crippen molar-refractivity contribution in [3.05, 3.63) is 82.6 Å². The van der Waals surface area contributed by atoms with Crippen molar-refractivity contribution in [2.24, 2.45) is 4.99 Å². The molecule has 2 amide bonds. The molecule has 1 aromatic heterocycles. The van der Waals surface area contributed by atoms with Crippen LogP contribution in [0, 0.1) is 0 Å². The number of anilines is 1. The molecule has 5 nitrogen and oxygen atoms in total. The van der Waals surface area contributed by atoms with E-state index in [0.29, 0.717) is 17.9 Å². The number of hydrogen-bond acceptors (Lipinski definition) is 4. The summed E-state index contributed by atoms with van der Waals surface area (Å²) in [5.41, 5.74) is 3.11. The van der Waals surface area contributed by atoms with Gasteiger partial charge in [-0.05, 0) is 29.1 Å². The summed E-state index contributed by atoms with van der Waals surface area (Å²) in [7, 11) is 0. The molecular weight excluding hydrogens is 370 g/mol. The lowest BCUT2D eigenvalue weighted by Gasteiger charge is -2.21. The van der Waals surface area contributed by atoms with E-state index in [-0.39, 0.29) is 24.8 Å². The number of amides is 2. The molecule has 1 N–H and O–H groups in total. The van der Waals surface area contributed by atoms with E-state index in [1.807, 2.05) is 72.1 Å². The topological polar surface area (TPSA) is 61.8 Å². The van der Waals surface area contributed by atoms with Crippen molar-refractivity contribution in [1.29, 1.82) is 0 Å². The number of para-hydroxylation sites is 2. The van der Waals surface area contributed by atoms with E-state index in [1.54, 1.807) is 11.3 Å². The van der Waals surface area contributed by atoms with Crippen LogP contribution < -0.4 is 10.2 Å². The predicted octanol–water partition coefficient (Wildman–Crippen LogP) is 3.92. The second-order valence-electron chi connectivity index (χ2n) is 6.44. The number of aliphatic imine (C=N–C) groups is 1. The number of hydrogen-bond donors (Lipinski definition) is 1. The van der Waals surface area contributed by atoms with Gasteiger partial charge < -0.3 is 10.2 Å². The number of nitrogens with one attached hydrogen (secondary N) is 1. The van der Waals surface area contributed by atoms with Gasteiger partial charge in [0.1, 0.15) is 6.54 Å². The maximum absolute atomic E-state index is 13.0. The minimum absolute atomic E-state index is 0.0318. The van der Waals surface area contributed by atoms with Gasteiger partial charge in [0.25, 0.3) is 0 Å². The first-order valence-electron chi connectivity index (χ1n) is 9.02. The van der Waals surface area contributed by atoms with Gasteiger partial charge in [-0.15, -0.1) is 11.3 Å². The molecule has 0 aliphatic carbocycles. The highest BCUT2D eigenvalue weighted by atomic mass is 32.1. The van der Waals surface area contributed by atoms with Crippen LogP contribution >= 0.6 is 11.3 Å². The molecule has 0 spiro atoms. The van der Waals surface area contributed by atoms with Crippen molar-refractivity contribution in [2.45, 2.75) is 13.0 Å². The highest BCUT2D eigenvalue weighted by Gasteiger charge is 2.26. The average Bonchev–Trinajstić information content (AvgIpc) is 3.22. The summed E-state index contributed by atoms with van der Waals surface area (Å²) in [5.74, 6) is -0.335. The Balaban J connectivity index is 1.53. The first-order valence-corrected chi connectivity index (χ1v) is 9.90. The quantitative estimate of drug-likeness (QED) is 0.719. The average molecular weight is 389 g/mol. The van der Waals surface area contributed by atoms with Gasteiger partial charge in [-0.25, -0.2) is 4.99 Å². The van der Waals surface area contributed by atoms with Crippen LogP contribution in [0.4, 0.5) is 11.4 Å². The van der Waals surface area contributed by atoms with Gasteiger partial charge in [-0.1, -0.05) is 48.5 Å². The molecule has 0 fully saturated rings. The van der Waals surface area contributed by atoms with E-state index in [4.69, 9.17) is 4.99 Å². The fourth-order valence-electron chi connectivity index (χ4n) is 3.10. The molecule has 28 heavy (non-hydrogen) atoms. The monoisotopic (exact) mass is 389 g/mol. The van der Waals surface area contributed by atoms with Crippen LogP contribution in [0.2, 0.25) is 0 Å². The number of carbonyl (C=O) groups excluding carboxylic acids is 2. The maximum atomic E-state index is 13.0. The fraction of sp³-hybridized carbons (Fsp3) is 0.136. The van der Waals surface area contributed by atoms with Crippen molar-refractivity contribution in [3.8, 4) is 0 Å². The fourth-order valence-corrected chi connectivity index (χ4v) is 3.81. The molecule has 140 valence electrons. The molecule has 2 aromatic carbocycles. The third-order valence-electron chi connectivity index (χ3n) is 4.49. The Kier molecular flexibility index (Phi) is 5.30. The standard InChI is InChI=1S/C22H19N3O2S/c26-21(23-14-16-7-2-1-3-8-16)15-25-19-10-5-4-9-17(19)24-18(13-22(25)27)20-11-6-12-28-20/h1-12H,13-15H2,(H,23,26). The molecule has 1 aliphatic rings. The summed E-state index contributed by atoms with van der Waals surface area (Å²) in [4.78, 5) is 32.7. The van der Waals surface area contributed by atoms with Crippen molar-refractivity contribution in [2.75, 3.05) is 11.4 Å². The molecule has 0 bridgehead atoms. The van der Waals surface area contributed by atoms with Gasteiger partial charge in [-0.2, -0.15) is 0 Å². The summed E-state index contributed by atoms with van der Waals surface area (Å²) in [6.45, 7) is 0.399. The Hall–Kier alpha value is -3.25. The van der Waals surface area contributed by atoms with Gasteiger partial charge in [0.05, 0.1) is 23.5 Å². The highest BCUT2D eigenvalue weighted by Crippen LogP contribution is 2.33. The predicted molar refractivity (Wildman–Crippen MR) is 112 cm³/mol. The number of thiophene rings is 1. The largest absolute Gasteiger partial charge is 0.350 e. The third-order valence-corrected chi connectivity index (χ3v) is 5.41. The molecule has 0 unspecified atom stereocenters. The van der Waals surface area contributed by atoms with E-state index in [9.17, 15) is 9.59 Å². The first kappa shape index (κ1) is 18.1. The van der Waals surface area contributed by atoms with Crippen molar-refractivity contribution in [1.82, 2.24) is 5.32 Å². The van der Waals surface area contributed by atoms with Crippen LogP contribution in [0.15, 0.2) is 77.1 Å². The van der Waals surface area contributed by atoms with Gasteiger partial charge in [-0.3, -0.25) is 9.59 Å². The second kappa shape index (κ2) is 8.19. The number of rotatable bonds is 5. The zero-order valence-corrected chi connectivity index (χ0v) is 16.0. The Morgan fingerprint density at radius 3 is 2.61 bits per heavy atom. The molecule has 6 heteroatoms. The van der Waals surface area contributed by atoms with E-state index in [2.05, 4.69) is 5.32 Å². The minimum Gasteiger partial charge on any atom is -0.350 e. The zero-order valence-electron chi connectivity index (χ0n) is 15.2. The summed E-state index contributed by atoms with van der Waals surface area (Å²) >= 11 is 1.56. The number of benzene rings is 2. The lowest BCUT2D eigenvalue weighted by molar-refractivity contribution is -0.123. The molecule has 0 atom stereocenters. The molecule has 0 radical (unpaired) electrons. The summed E-state index contributed by atoms with van der Waals surface area (Å²) in [6, 6.07) is 21.0. The second-order valence-corrected chi connectivity index (χ2v) is 7.39. The SMILES string of the molecule is O=C(CN1C(=O)CC(c2cccs2)=Nc2ccccc21)NCc1ccccc1. The van der Waals surface area contributed by atoms with Crippen LogP contribution in [-0.2, 0) is 16.1 Å². The molecule has 2 heterocycles. The van der Waals surface area contributed by atoms with E-state index < -0.39 is 0 Å². The lowest BCUT2D eigenvalue weighted by Crippen LogP contribution is -2.40. The van der Waals surface area contributed by atoms with Crippen LogP contribution in [0.5, 0.6) is 0 Å². The van der Waals surface area contributed by atoms with Gasteiger partial charge in [0.2, 0.25) is 11.8 Å². The van der Waals surface area contributed by atoms with Gasteiger partial charge in [0, 0.05) is 11.4 Å². The van der Waals surface area contributed by atoms with Crippen molar-refractivity contribution >= 4 is 40.2 Å². The van der Waals surface area contributed by atoms with Crippen LogP contribution in [0.1, 0.15) is 16.9 Å². The molecular formula is C22H19N3O2S. The smallest absolute Gasteiger partial charge is 0.240 e. The number of fused-ring (bicyclic) bond motifs is 1. The molecule has 4 rings (SSSR count). The van der Waals surface area contributed by atoms with Crippen LogP contribution in [0.25, 0.3) is 0 Å². The normalized spacial score (nSPS) is 13.5. The number of nitrogens with zero attached hydrogens (tertiary/aromatic N) is 2. The Labute approximate surface area is 167 Å². The van der Waals surface area contributed by atoms with Crippen molar-refractivity contribution in [3.63, 3.8) is 0 Å². The lowest BCUT2D eigenvalue weighted by atomic mass is 10.2. The number of carbonyl (C=O) groups is 2. The summed E-state index contributed by atoms with van der Waals surface area (Å²) in [6.07, 6.45) is 0.168. The van der Waals surface area contributed by atoms with Crippen LogP contribution in [-0.4, -0.2) is 24.1 Å². The van der Waals surface area contributed by atoms with E-state index >= 15 is 0 Å². The van der Waals surface area contributed by atoms with E-state index in [0.717, 1.165) is 16.2 Å². The zero-order chi connectivity index (χ0) is 19.3. The van der Waals surface area contributed by atoms with Gasteiger partial charge >= 0.3 is 0 Å². The molecule has 3 aromatic rings. The van der Waals surface area contributed by atoms with Gasteiger partial charge in [0.15, 0.2) is 0 Å². The first-order chi connectivity index (χ1) is 13.7.